The number of hydrogen-bond acceptors (Lipinski definition) is 5. The maximum Gasteiger partial charge on any atom is 0.278 e. The quantitative estimate of drug-likeness (QED) is 0.352. The third-order valence-electron chi connectivity index (χ3n) is 1.85. The van der Waals surface area contributed by atoms with Crippen LogP contribution >= 0.6 is 0 Å². The van der Waals surface area contributed by atoms with Crippen molar-refractivity contribution in [3.63, 3.8) is 0 Å². The average molecular weight is 235 g/mol. The molecule has 0 amide bonds. The van der Waals surface area contributed by atoms with E-state index < -0.39 is 4.92 Å². The van der Waals surface area contributed by atoms with Crippen LogP contribution < -0.4 is 10.1 Å². The molecule has 90 valence electrons. The number of anilines is 1. The Kier molecular flexibility index (Phi) is 4.76. The first-order valence-corrected chi connectivity index (χ1v) is 5.14. The molecule has 0 aliphatic rings. The van der Waals surface area contributed by atoms with Gasteiger partial charge < -0.3 is 10.1 Å². The molecule has 1 heterocycles. The van der Waals surface area contributed by atoms with Crippen molar-refractivity contribution in [3.8, 4) is 18.2 Å². The van der Waals surface area contributed by atoms with E-state index in [1.807, 2.05) is 6.92 Å². The molecule has 0 spiro atoms. The topological polar surface area (TPSA) is 77.3 Å². The average Bonchev–Trinajstić information content (AvgIpc) is 2.29. The normalized spacial score (nSPS) is 9.41. The summed E-state index contributed by atoms with van der Waals surface area (Å²) in [6, 6.07) is 2.63. The minimum atomic E-state index is -0.490. The molecule has 6 heteroatoms. The second-order valence-electron chi connectivity index (χ2n) is 3.14. The molecule has 0 radical (unpaired) electrons. The standard InChI is InChI=1S/C11H13N3O3/c1-3-5-6-17-11-8-9(14(15)16)7-10(13-11)12-4-2/h1,7-8H,4-6H2,2H3,(H,12,13). The third kappa shape index (κ3) is 3.99. The highest BCUT2D eigenvalue weighted by atomic mass is 16.6. The highest BCUT2D eigenvalue weighted by Gasteiger charge is 2.11. The van der Waals surface area contributed by atoms with Crippen molar-refractivity contribution in [3.05, 3.63) is 22.2 Å². The van der Waals surface area contributed by atoms with Crippen LogP contribution in [0.1, 0.15) is 13.3 Å². The molecular weight excluding hydrogens is 222 g/mol. The molecule has 1 aromatic rings. The summed E-state index contributed by atoms with van der Waals surface area (Å²) in [5.41, 5.74) is -0.0633. The molecule has 0 saturated heterocycles. The summed E-state index contributed by atoms with van der Waals surface area (Å²) in [6.07, 6.45) is 5.51. The van der Waals surface area contributed by atoms with E-state index in [2.05, 4.69) is 16.2 Å². The number of ether oxygens (including phenoxy) is 1. The summed E-state index contributed by atoms with van der Waals surface area (Å²) < 4.78 is 5.23. The van der Waals surface area contributed by atoms with Crippen LogP contribution in [-0.4, -0.2) is 23.1 Å². The van der Waals surface area contributed by atoms with Gasteiger partial charge in [-0.15, -0.1) is 12.3 Å². The van der Waals surface area contributed by atoms with Crippen LogP contribution in [0.25, 0.3) is 0 Å². The Morgan fingerprint density at radius 2 is 2.41 bits per heavy atom. The molecule has 1 aromatic heterocycles. The number of nitrogens with one attached hydrogen (secondary N) is 1. The van der Waals surface area contributed by atoms with Crippen molar-refractivity contribution in [2.75, 3.05) is 18.5 Å². The van der Waals surface area contributed by atoms with Gasteiger partial charge in [0.25, 0.3) is 5.69 Å². The summed E-state index contributed by atoms with van der Waals surface area (Å²) in [7, 11) is 0. The molecule has 0 unspecified atom stereocenters. The zero-order valence-corrected chi connectivity index (χ0v) is 9.47. The van der Waals surface area contributed by atoms with Crippen molar-refractivity contribution in [2.24, 2.45) is 0 Å². The summed E-state index contributed by atoms with van der Waals surface area (Å²) in [6.45, 7) is 2.79. The van der Waals surface area contributed by atoms with Gasteiger partial charge in [-0.1, -0.05) is 0 Å². The van der Waals surface area contributed by atoms with Gasteiger partial charge in [-0.05, 0) is 6.92 Å². The lowest BCUT2D eigenvalue weighted by atomic mass is 10.4. The van der Waals surface area contributed by atoms with E-state index in [9.17, 15) is 10.1 Å². The molecule has 0 atom stereocenters. The van der Waals surface area contributed by atoms with E-state index in [4.69, 9.17) is 11.2 Å². The molecular formula is C11H13N3O3. The summed E-state index contributed by atoms with van der Waals surface area (Å²) in [5.74, 6) is 3.03. The van der Waals surface area contributed by atoms with Crippen LogP contribution in [0.15, 0.2) is 12.1 Å². The van der Waals surface area contributed by atoms with Gasteiger partial charge in [-0.3, -0.25) is 10.1 Å². The highest BCUT2D eigenvalue weighted by molar-refractivity contribution is 5.48. The lowest BCUT2D eigenvalue weighted by molar-refractivity contribution is -0.384. The summed E-state index contributed by atoms with van der Waals surface area (Å²) in [4.78, 5) is 14.3. The third-order valence-corrected chi connectivity index (χ3v) is 1.85. The van der Waals surface area contributed by atoms with Crippen molar-refractivity contribution < 1.29 is 9.66 Å². The predicted molar refractivity (Wildman–Crippen MR) is 64.0 cm³/mol. The first-order chi connectivity index (χ1) is 8.17. The number of nitrogens with zero attached hydrogens (tertiary/aromatic N) is 2. The maximum absolute atomic E-state index is 10.7. The monoisotopic (exact) mass is 235 g/mol. The molecule has 0 aliphatic heterocycles. The lowest BCUT2D eigenvalue weighted by Gasteiger charge is -2.06. The largest absolute Gasteiger partial charge is 0.476 e. The van der Waals surface area contributed by atoms with E-state index in [0.29, 0.717) is 18.8 Å². The SMILES string of the molecule is C#CCCOc1cc([N+](=O)[O-])cc(NCC)n1. The van der Waals surface area contributed by atoms with Crippen LogP contribution in [0.5, 0.6) is 5.88 Å². The van der Waals surface area contributed by atoms with Gasteiger partial charge in [0, 0.05) is 13.0 Å². The predicted octanol–water partition coefficient (Wildman–Crippen LogP) is 1.82. The van der Waals surface area contributed by atoms with E-state index in [-0.39, 0.29) is 18.2 Å². The van der Waals surface area contributed by atoms with Crippen molar-refractivity contribution in [2.45, 2.75) is 13.3 Å². The second kappa shape index (κ2) is 6.33. The first-order valence-electron chi connectivity index (χ1n) is 5.14. The molecule has 1 rings (SSSR count). The minimum Gasteiger partial charge on any atom is -0.476 e. The van der Waals surface area contributed by atoms with Gasteiger partial charge in [0.15, 0.2) is 0 Å². The van der Waals surface area contributed by atoms with Crippen molar-refractivity contribution in [1.82, 2.24) is 4.98 Å². The van der Waals surface area contributed by atoms with Gasteiger partial charge in [0.2, 0.25) is 5.88 Å². The Morgan fingerprint density at radius 1 is 1.65 bits per heavy atom. The minimum absolute atomic E-state index is 0.0633. The fraction of sp³-hybridized carbons (Fsp3) is 0.364. The maximum atomic E-state index is 10.7. The number of hydrogen-bond donors (Lipinski definition) is 1. The Hall–Kier alpha value is -2.29. The molecule has 1 N–H and O–H groups in total. The molecule has 17 heavy (non-hydrogen) atoms. The van der Waals surface area contributed by atoms with Crippen molar-refractivity contribution >= 4 is 11.5 Å². The smallest absolute Gasteiger partial charge is 0.278 e. The number of pyridine rings is 1. The fourth-order valence-electron chi connectivity index (χ4n) is 1.16. The van der Waals surface area contributed by atoms with Gasteiger partial charge in [0.1, 0.15) is 12.4 Å². The summed E-state index contributed by atoms with van der Waals surface area (Å²) in [5, 5.41) is 13.6. The number of nitro groups is 1. The molecule has 0 saturated carbocycles. The van der Waals surface area contributed by atoms with Crippen LogP contribution in [-0.2, 0) is 0 Å². The Balaban J connectivity index is 2.88. The van der Waals surface area contributed by atoms with E-state index in [1.54, 1.807) is 0 Å². The molecule has 0 aromatic carbocycles. The Labute approximate surface area is 99.2 Å². The van der Waals surface area contributed by atoms with Crippen LogP contribution in [0, 0.1) is 22.5 Å². The molecule has 0 fully saturated rings. The first kappa shape index (κ1) is 12.8. The van der Waals surface area contributed by atoms with E-state index in [1.165, 1.54) is 12.1 Å². The molecule has 0 bridgehead atoms. The van der Waals surface area contributed by atoms with Gasteiger partial charge in [-0.25, -0.2) is 0 Å². The van der Waals surface area contributed by atoms with Gasteiger partial charge in [-0.2, -0.15) is 4.98 Å². The van der Waals surface area contributed by atoms with Gasteiger partial charge in [0.05, 0.1) is 17.1 Å². The van der Waals surface area contributed by atoms with Crippen LogP contribution in [0.2, 0.25) is 0 Å². The van der Waals surface area contributed by atoms with E-state index >= 15 is 0 Å². The second-order valence-corrected chi connectivity index (χ2v) is 3.14. The van der Waals surface area contributed by atoms with Crippen LogP contribution in [0.4, 0.5) is 11.5 Å². The summed E-state index contributed by atoms with van der Waals surface area (Å²) >= 11 is 0. The lowest BCUT2D eigenvalue weighted by Crippen LogP contribution is -2.04. The molecule has 6 nitrogen and oxygen atoms in total. The zero-order chi connectivity index (χ0) is 12.7. The van der Waals surface area contributed by atoms with Gasteiger partial charge >= 0.3 is 0 Å². The Bertz CT molecular complexity index is 440. The molecule has 0 aliphatic carbocycles. The number of aromatic nitrogens is 1. The zero-order valence-electron chi connectivity index (χ0n) is 9.47. The number of terminal acetylenes is 1. The fourth-order valence-corrected chi connectivity index (χ4v) is 1.16. The van der Waals surface area contributed by atoms with Crippen molar-refractivity contribution in [1.29, 1.82) is 0 Å². The Morgan fingerprint density at radius 3 is 3.00 bits per heavy atom. The van der Waals surface area contributed by atoms with Crippen LogP contribution in [0.3, 0.4) is 0 Å². The van der Waals surface area contributed by atoms with E-state index in [0.717, 1.165) is 0 Å². The number of rotatable bonds is 6. The highest BCUT2D eigenvalue weighted by Crippen LogP contribution is 2.22.